The number of piperidine rings is 1. The van der Waals surface area contributed by atoms with E-state index in [0.717, 1.165) is 68.1 Å². The van der Waals surface area contributed by atoms with Gasteiger partial charge in [0, 0.05) is 65.5 Å². The summed E-state index contributed by atoms with van der Waals surface area (Å²) in [6.45, 7) is 1.71. The van der Waals surface area contributed by atoms with Crippen LogP contribution >= 0.6 is 0 Å². The van der Waals surface area contributed by atoms with Crippen molar-refractivity contribution in [3.63, 3.8) is 0 Å². The van der Waals surface area contributed by atoms with Gasteiger partial charge in [-0.25, -0.2) is 4.98 Å². The maximum atomic E-state index is 13.6. The number of hydrogen-bond donors (Lipinski definition) is 0. The van der Waals surface area contributed by atoms with E-state index in [0.29, 0.717) is 12.4 Å². The number of carbonyl (C=O) groups excluding carboxylic acids is 2. The highest BCUT2D eigenvalue weighted by Crippen LogP contribution is 2.37. The zero-order valence-corrected chi connectivity index (χ0v) is 24.1. The van der Waals surface area contributed by atoms with E-state index in [1.54, 1.807) is 6.20 Å². The van der Waals surface area contributed by atoms with Crippen LogP contribution in [0.5, 0.6) is 0 Å². The van der Waals surface area contributed by atoms with Crippen LogP contribution in [0.25, 0.3) is 0 Å². The van der Waals surface area contributed by atoms with Crippen molar-refractivity contribution in [2.75, 3.05) is 51.1 Å². The molecule has 1 saturated heterocycles. The summed E-state index contributed by atoms with van der Waals surface area (Å²) in [6, 6.07) is 8.35. The molecule has 39 heavy (non-hydrogen) atoms. The molecule has 0 spiro atoms. The Morgan fingerprint density at radius 1 is 0.949 bits per heavy atom. The van der Waals surface area contributed by atoms with Crippen LogP contribution in [0.1, 0.15) is 85.3 Å². The molecule has 2 aliphatic carbocycles. The second-order valence-corrected chi connectivity index (χ2v) is 11.9. The molecule has 2 heterocycles. The van der Waals surface area contributed by atoms with Gasteiger partial charge in [0.2, 0.25) is 11.9 Å². The maximum absolute atomic E-state index is 13.6. The lowest BCUT2D eigenvalue weighted by atomic mass is 9.99. The van der Waals surface area contributed by atoms with E-state index in [1.165, 1.54) is 31.2 Å². The average molecular weight is 533 g/mol. The first kappa shape index (κ1) is 27.4. The number of anilines is 2. The Morgan fingerprint density at radius 3 is 2.41 bits per heavy atom. The Morgan fingerprint density at radius 2 is 1.69 bits per heavy atom. The number of fused-ring (bicyclic) bond motifs is 1. The van der Waals surface area contributed by atoms with Crippen LogP contribution in [0.2, 0.25) is 0 Å². The fourth-order valence-electron chi connectivity index (χ4n) is 6.68. The molecular formula is C31H44N6O2. The Kier molecular flexibility index (Phi) is 8.38. The van der Waals surface area contributed by atoms with E-state index in [2.05, 4.69) is 27.0 Å². The topological polar surface area (TPSA) is 72.9 Å². The van der Waals surface area contributed by atoms with Crippen LogP contribution in [0.15, 0.2) is 30.5 Å². The fourth-order valence-corrected chi connectivity index (χ4v) is 6.68. The lowest BCUT2D eigenvalue weighted by molar-refractivity contribution is -0.132. The second-order valence-electron chi connectivity index (χ2n) is 11.9. The van der Waals surface area contributed by atoms with E-state index in [4.69, 9.17) is 0 Å². The van der Waals surface area contributed by atoms with Gasteiger partial charge in [-0.1, -0.05) is 31.7 Å². The van der Waals surface area contributed by atoms with Crippen molar-refractivity contribution in [3.05, 3.63) is 47.2 Å². The summed E-state index contributed by atoms with van der Waals surface area (Å²) in [7, 11) is 7.77. The molecule has 1 atom stereocenters. The molecule has 2 fully saturated rings. The zero-order valence-electron chi connectivity index (χ0n) is 24.1. The smallest absolute Gasteiger partial charge is 0.253 e. The number of aromatic nitrogens is 2. The summed E-state index contributed by atoms with van der Waals surface area (Å²) in [4.78, 5) is 43.7. The predicted octanol–water partition coefficient (Wildman–Crippen LogP) is 4.70. The zero-order chi connectivity index (χ0) is 27.5. The third-order valence-electron chi connectivity index (χ3n) is 9.23. The normalized spacial score (nSPS) is 19.7. The summed E-state index contributed by atoms with van der Waals surface area (Å²) >= 11 is 0. The molecule has 3 aliphatic rings. The molecular weight excluding hydrogens is 488 g/mol. The number of benzene rings is 1. The number of rotatable bonds is 8. The van der Waals surface area contributed by atoms with Gasteiger partial charge < -0.3 is 19.6 Å². The average Bonchev–Trinajstić information content (AvgIpc) is 3.64. The number of aryl methyl sites for hydroxylation is 1. The number of nitrogens with zero attached hydrogens (tertiary/aromatic N) is 6. The van der Waals surface area contributed by atoms with Gasteiger partial charge in [0.25, 0.3) is 5.91 Å². The minimum atomic E-state index is 0.0639. The Labute approximate surface area is 233 Å². The molecule has 8 heteroatoms. The summed E-state index contributed by atoms with van der Waals surface area (Å²) in [5.74, 6) is 2.67. The van der Waals surface area contributed by atoms with Crippen LogP contribution in [-0.4, -0.2) is 78.9 Å². The third kappa shape index (κ3) is 6.04. The maximum Gasteiger partial charge on any atom is 0.253 e. The lowest BCUT2D eigenvalue weighted by Crippen LogP contribution is -2.46. The van der Waals surface area contributed by atoms with Gasteiger partial charge in [0.1, 0.15) is 5.82 Å². The first-order chi connectivity index (χ1) is 18.8. The quantitative estimate of drug-likeness (QED) is 0.491. The van der Waals surface area contributed by atoms with Gasteiger partial charge in [0.15, 0.2) is 0 Å². The molecule has 1 aromatic heterocycles. The van der Waals surface area contributed by atoms with Gasteiger partial charge in [-0.05, 0) is 67.3 Å². The molecule has 1 aliphatic heterocycles. The van der Waals surface area contributed by atoms with E-state index in [9.17, 15) is 9.59 Å². The molecule has 5 rings (SSSR count). The van der Waals surface area contributed by atoms with Crippen LogP contribution in [0.4, 0.5) is 11.8 Å². The van der Waals surface area contributed by atoms with Crippen molar-refractivity contribution in [1.29, 1.82) is 0 Å². The molecule has 210 valence electrons. The van der Waals surface area contributed by atoms with Crippen molar-refractivity contribution >= 4 is 23.6 Å². The van der Waals surface area contributed by atoms with Crippen molar-refractivity contribution in [3.8, 4) is 0 Å². The van der Waals surface area contributed by atoms with E-state index in [-0.39, 0.29) is 23.9 Å². The first-order valence-electron chi connectivity index (χ1n) is 14.7. The second kappa shape index (κ2) is 11.9. The van der Waals surface area contributed by atoms with Gasteiger partial charge in [-0.2, -0.15) is 4.98 Å². The van der Waals surface area contributed by atoms with E-state index < -0.39 is 0 Å². The molecule has 1 aromatic carbocycles. The van der Waals surface area contributed by atoms with E-state index in [1.807, 2.05) is 55.0 Å². The van der Waals surface area contributed by atoms with Crippen LogP contribution < -0.4 is 9.80 Å². The molecule has 0 bridgehead atoms. The highest BCUT2D eigenvalue weighted by molar-refractivity contribution is 5.94. The largest absolute Gasteiger partial charge is 0.356 e. The number of hydrogen-bond acceptors (Lipinski definition) is 6. The summed E-state index contributed by atoms with van der Waals surface area (Å²) in [5.41, 5.74) is 3.15. The lowest BCUT2D eigenvalue weighted by Gasteiger charge is -2.37. The van der Waals surface area contributed by atoms with Crippen LogP contribution in [-0.2, 0) is 11.2 Å². The SMILES string of the molecule is CN(C)c1nccc(N2CCC(N(C)C(=O)c3ccc4c(c3)[C@H](N(C)C(=O)CCC3CCCC3)CC4)CC2)n1. The molecule has 8 nitrogen and oxygen atoms in total. The third-order valence-corrected chi connectivity index (χ3v) is 9.23. The number of carbonyl (C=O) groups is 2. The monoisotopic (exact) mass is 532 g/mol. The summed E-state index contributed by atoms with van der Waals surface area (Å²) < 4.78 is 0. The van der Waals surface area contributed by atoms with Gasteiger partial charge in [-0.3, -0.25) is 9.59 Å². The Balaban J connectivity index is 1.20. The van der Waals surface area contributed by atoms with Crippen molar-refractivity contribution in [1.82, 2.24) is 19.8 Å². The van der Waals surface area contributed by atoms with Gasteiger partial charge in [0.05, 0.1) is 6.04 Å². The summed E-state index contributed by atoms with van der Waals surface area (Å²) in [5, 5.41) is 0. The van der Waals surface area contributed by atoms with Gasteiger partial charge in [-0.15, -0.1) is 0 Å². The van der Waals surface area contributed by atoms with Gasteiger partial charge >= 0.3 is 0 Å². The van der Waals surface area contributed by atoms with Crippen molar-refractivity contribution in [2.24, 2.45) is 5.92 Å². The van der Waals surface area contributed by atoms with E-state index >= 15 is 0 Å². The fraction of sp³-hybridized carbons (Fsp3) is 0.613. The summed E-state index contributed by atoms with van der Waals surface area (Å²) in [6.07, 6.45) is 12.3. The predicted molar refractivity (Wildman–Crippen MR) is 155 cm³/mol. The van der Waals surface area contributed by atoms with Crippen LogP contribution in [0.3, 0.4) is 0 Å². The van der Waals surface area contributed by atoms with Crippen molar-refractivity contribution in [2.45, 2.75) is 76.3 Å². The Hall–Kier alpha value is -3.16. The Bertz CT molecular complexity index is 1170. The molecule has 1 saturated carbocycles. The molecule has 2 aromatic rings. The van der Waals surface area contributed by atoms with Crippen LogP contribution in [0, 0.1) is 5.92 Å². The minimum absolute atomic E-state index is 0.0639. The molecule has 0 radical (unpaired) electrons. The van der Waals surface area contributed by atoms with Crippen molar-refractivity contribution < 1.29 is 9.59 Å². The molecule has 0 unspecified atom stereocenters. The first-order valence-corrected chi connectivity index (χ1v) is 14.7. The highest BCUT2D eigenvalue weighted by atomic mass is 16.2. The molecule has 0 N–H and O–H groups in total. The molecule has 2 amide bonds. The minimum Gasteiger partial charge on any atom is -0.356 e. The number of amides is 2. The highest BCUT2D eigenvalue weighted by Gasteiger charge is 2.32. The standard InChI is InChI=1S/C31H44N6O2/c1-34(2)31-32-18-15-28(33-31)37-19-16-25(17-20-37)35(3)30(39)24-11-10-23-12-13-27(26(23)21-24)36(4)29(38)14-9-22-7-5-6-8-22/h10-11,15,18,21-22,25,27H,5-9,12-14,16-17,19-20H2,1-4H3/t27-/m1/s1.